The number of benzene rings is 1. The van der Waals surface area contributed by atoms with Gasteiger partial charge in [0.1, 0.15) is 0 Å². The molecule has 0 amide bonds. The molecule has 2 rings (SSSR count). The van der Waals surface area contributed by atoms with Crippen LogP contribution in [0.25, 0.3) is 0 Å². The van der Waals surface area contributed by atoms with Crippen LogP contribution in [0.3, 0.4) is 0 Å². The molecule has 0 N–H and O–H groups in total. The zero-order chi connectivity index (χ0) is 16.9. The molecule has 0 aliphatic carbocycles. The van der Waals surface area contributed by atoms with E-state index in [2.05, 4.69) is 8.93 Å². The third-order valence-corrected chi connectivity index (χ3v) is 7.64. The Kier molecular flexibility index (Phi) is 8.09. The van der Waals surface area contributed by atoms with Gasteiger partial charge < -0.3 is 0 Å². The molecule has 1 aliphatic rings. The van der Waals surface area contributed by atoms with Gasteiger partial charge in [0.2, 0.25) is 0 Å². The first kappa shape index (κ1) is 19.9. The predicted octanol–water partition coefficient (Wildman–Crippen LogP) is 1.82. The second kappa shape index (κ2) is 9.34. The van der Waals surface area contributed by atoms with Gasteiger partial charge in [0.25, 0.3) is 0 Å². The van der Waals surface area contributed by atoms with E-state index >= 15 is 0 Å². The molecule has 1 aliphatic heterocycles. The first-order valence-electron chi connectivity index (χ1n) is 6.48. The van der Waals surface area contributed by atoms with Gasteiger partial charge in [0.05, 0.1) is 0 Å². The number of halogens is 2. The molecule has 0 bridgehead atoms. The average molecular weight is 580 g/mol. The number of alkyl halides is 2. The molecule has 5 nitrogen and oxygen atoms in total. The Morgan fingerprint density at radius 2 is 2.09 bits per heavy atom. The first-order chi connectivity index (χ1) is 11.0. The molecule has 23 heavy (non-hydrogen) atoms. The average Bonchev–Trinajstić information content (AvgIpc) is 2.73. The number of hydrogen-bond acceptors (Lipinski definition) is 5. The second-order valence-corrected chi connectivity index (χ2v) is 10.9. The molecule has 1 saturated heterocycles. The van der Waals surface area contributed by atoms with Gasteiger partial charge in [-0.25, -0.2) is 0 Å². The van der Waals surface area contributed by atoms with Crippen molar-refractivity contribution in [2.24, 2.45) is 0 Å². The number of carbonyl (C=O) groups is 1. The fourth-order valence-electron chi connectivity index (χ4n) is 2.03. The molecule has 1 aromatic rings. The van der Waals surface area contributed by atoms with Crippen LogP contribution in [-0.2, 0) is 18.5 Å². The first-order valence-corrected chi connectivity index (χ1v) is 13.6. The van der Waals surface area contributed by atoms with E-state index in [-0.39, 0.29) is 15.1 Å². The van der Waals surface area contributed by atoms with Crippen LogP contribution >= 0.6 is 26.9 Å². The van der Waals surface area contributed by atoms with E-state index in [1.165, 1.54) is 0 Å². The monoisotopic (exact) mass is 580 g/mol. The van der Waals surface area contributed by atoms with Crippen molar-refractivity contribution in [1.82, 2.24) is 0 Å². The van der Waals surface area contributed by atoms with Crippen molar-refractivity contribution in [2.75, 3.05) is 6.61 Å². The Morgan fingerprint density at radius 1 is 1.39 bits per heavy atom. The predicted molar refractivity (Wildman–Crippen MR) is 91.9 cm³/mol. The number of hydrogen-bond donors (Lipinski definition) is 0. The molecule has 0 spiro atoms. The third kappa shape index (κ3) is 5.29. The zero-order valence-corrected chi connectivity index (χ0v) is 19.0. The van der Waals surface area contributed by atoms with Crippen LogP contribution in [0.5, 0.6) is 0 Å². The van der Waals surface area contributed by atoms with E-state index in [0.717, 1.165) is 3.27 Å². The van der Waals surface area contributed by atoms with E-state index in [9.17, 15) is 13.6 Å². The standard InChI is InChI=1S/C6H10F2O5P3.C6H5.Bi.H/c7-6(8)4(10-2-9)3(1-11-14)12-5(6)13-16-15;1-2-4-6-5-3-1;;/h3-5,16H,1,14-15H2;1-5H;;/t3-,4?,5+;;;/m1.../s1. The van der Waals surface area contributed by atoms with E-state index in [1.807, 2.05) is 15.5 Å². The van der Waals surface area contributed by atoms with E-state index < -0.39 is 51.3 Å². The maximum absolute atomic E-state index is 14.4. The minimum absolute atomic E-state index is 0.142. The number of ether oxygens (including phenoxy) is 2. The SMILES string of the molecule is O=[C](OC1[C@@H](COP)O[C@@H](OPP)C1(F)F)[BiH][c]1ccccc1. The van der Waals surface area contributed by atoms with E-state index in [4.69, 9.17) is 18.5 Å². The zero-order valence-electron chi connectivity index (χ0n) is 11.8. The summed E-state index contributed by atoms with van der Waals surface area (Å²) in [6, 6.07) is 9.04. The Hall–Kier alpha value is 0.603. The minimum atomic E-state index is -3.42. The fraction of sp³-hybridized carbons (Fsp3) is 0.417. The molecule has 6 atom stereocenters. The van der Waals surface area contributed by atoms with Crippen molar-refractivity contribution >= 4 is 57.1 Å². The topological polar surface area (TPSA) is 54.0 Å². The maximum atomic E-state index is 14.4. The summed E-state index contributed by atoms with van der Waals surface area (Å²) in [5.41, 5.74) is 0. The molecule has 0 saturated carbocycles. The molecule has 1 fully saturated rings. The van der Waals surface area contributed by atoms with Gasteiger partial charge >= 0.3 is 151 Å². The van der Waals surface area contributed by atoms with Crippen molar-refractivity contribution in [2.45, 2.75) is 24.4 Å². The summed E-state index contributed by atoms with van der Waals surface area (Å²) in [5, 5.41) is 0. The van der Waals surface area contributed by atoms with Crippen LogP contribution in [0, 0.1) is 0 Å². The van der Waals surface area contributed by atoms with Crippen LogP contribution in [0.15, 0.2) is 30.3 Å². The fourth-order valence-corrected chi connectivity index (χ4v) is 5.96. The van der Waals surface area contributed by atoms with Gasteiger partial charge in [-0.1, -0.05) is 0 Å². The summed E-state index contributed by atoms with van der Waals surface area (Å²) in [6.07, 6.45) is -4.53. The van der Waals surface area contributed by atoms with Crippen molar-refractivity contribution < 1.29 is 32.1 Å². The molecule has 1 heterocycles. The second-order valence-electron chi connectivity index (χ2n) is 4.57. The molecule has 0 aromatic heterocycles. The van der Waals surface area contributed by atoms with Crippen LogP contribution in [0.2, 0.25) is 0 Å². The molecular formula is C12H16BiF2O5P3. The van der Waals surface area contributed by atoms with Gasteiger partial charge in [0.15, 0.2) is 0 Å². The van der Waals surface area contributed by atoms with E-state index in [0.29, 0.717) is 0 Å². The van der Waals surface area contributed by atoms with Gasteiger partial charge in [-0.15, -0.1) is 0 Å². The Balaban J connectivity index is 2.06. The van der Waals surface area contributed by atoms with Crippen LogP contribution in [-0.4, -0.2) is 57.9 Å². The van der Waals surface area contributed by atoms with Crippen LogP contribution in [0.1, 0.15) is 0 Å². The summed E-state index contributed by atoms with van der Waals surface area (Å²) in [5.74, 6) is -3.42. The Morgan fingerprint density at radius 3 is 2.70 bits per heavy atom. The van der Waals surface area contributed by atoms with Gasteiger partial charge in [-0.3, -0.25) is 0 Å². The van der Waals surface area contributed by atoms with Gasteiger partial charge in [0, 0.05) is 0 Å². The molecular weight excluding hydrogens is 564 g/mol. The summed E-state index contributed by atoms with van der Waals surface area (Å²) in [4.78, 5) is 12.1. The van der Waals surface area contributed by atoms with Crippen LogP contribution in [0.4, 0.5) is 13.6 Å². The number of carbonyl (C=O) groups excluding carboxylic acids is 1. The normalized spacial score (nSPS) is 26.7. The Bertz CT molecular complexity index is 525. The summed E-state index contributed by atoms with van der Waals surface area (Å²) in [7, 11) is 3.92. The molecule has 128 valence electrons. The quantitative estimate of drug-likeness (QED) is 0.364. The number of rotatable bonds is 7. The molecule has 1 aromatic carbocycles. The summed E-state index contributed by atoms with van der Waals surface area (Å²) in [6.45, 7) is -0.142. The van der Waals surface area contributed by atoms with E-state index in [1.54, 1.807) is 24.3 Å². The van der Waals surface area contributed by atoms with Crippen LogP contribution < -0.4 is 3.27 Å². The molecule has 0 radical (unpaired) electrons. The van der Waals surface area contributed by atoms with Crippen molar-refractivity contribution in [1.29, 1.82) is 0 Å². The van der Waals surface area contributed by atoms with Crippen molar-refractivity contribution in [3.05, 3.63) is 30.3 Å². The Labute approximate surface area is 150 Å². The van der Waals surface area contributed by atoms with Crippen molar-refractivity contribution in [3.63, 3.8) is 0 Å². The summed E-state index contributed by atoms with van der Waals surface area (Å²) >= 11 is -2.02. The molecule has 4 unspecified atom stereocenters. The van der Waals surface area contributed by atoms with Gasteiger partial charge in [-0.05, 0) is 0 Å². The van der Waals surface area contributed by atoms with Gasteiger partial charge in [-0.2, -0.15) is 0 Å². The third-order valence-electron chi connectivity index (χ3n) is 3.02. The summed E-state index contributed by atoms with van der Waals surface area (Å²) < 4.78 is 49.0. The molecule has 11 heteroatoms. The van der Waals surface area contributed by atoms with Crippen molar-refractivity contribution in [3.8, 4) is 0 Å².